The van der Waals surface area contributed by atoms with Gasteiger partial charge in [0.25, 0.3) is 5.91 Å². The van der Waals surface area contributed by atoms with Crippen LogP contribution < -0.4 is 5.32 Å². The number of anilines is 1. The molecule has 0 aliphatic carbocycles. The van der Waals surface area contributed by atoms with Crippen molar-refractivity contribution in [3.05, 3.63) is 17.8 Å². The summed E-state index contributed by atoms with van der Waals surface area (Å²) in [4.78, 5) is 12.1. The molecule has 8 heteroatoms. The van der Waals surface area contributed by atoms with Crippen LogP contribution in [0, 0.1) is 0 Å². The Morgan fingerprint density at radius 3 is 2.47 bits per heavy atom. The van der Waals surface area contributed by atoms with Crippen LogP contribution in [0.4, 0.5) is 19.0 Å². The monoisotopic (exact) mass is 248 g/mol. The fourth-order valence-electron chi connectivity index (χ4n) is 1.12. The molecule has 0 saturated heterocycles. The molecule has 1 heterocycles. The largest absolute Gasteiger partial charge is 0.406 e. The summed E-state index contributed by atoms with van der Waals surface area (Å²) in [6, 6.07) is 2.77. The lowest BCUT2D eigenvalue weighted by Crippen LogP contribution is -2.36. The lowest BCUT2D eigenvalue weighted by Gasteiger charge is -2.18. The van der Waals surface area contributed by atoms with Crippen LogP contribution in [0.2, 0.25) is 0 Å². The average molecular weight is 248 g/mol. The van der Waals surface area contributed by atoms with E-state index in [1.54, 1.807) is 7.05 Å². The first-order chi connectivity index (χ1) is 7.83. The Morgan fingerprint density at radius 2 is 2.06 bits per heavy atom. The van der Waals surface area contributed by atoms with Crippen LogP contribution in [0.15, 0.2) is 12.1 Å². The molecule has 1 rings (SSSR count). The molecule has 1 N–H and O–H groups in total. The molecule has 0 bridgehead atoms. The van der Waals surface area contributed by atoms with Crippen LogP contribution in [0.5, 0.6) is 0 Å². The van der Waals surface area contributed by atoms with E-state index >= 15 is 0 Å². The number of nitrogens with zero attached hydrogens (tertiary/aromatic N) is 3. The number of carbonyl (C=O) groups is 1. The molecule has 0 atom stereocenters. The molecular weight excluding hydrogens is 237 g/mol. The minimum absolute atomic E-state index is 0.129. The second-order valence-electron chi connectivity index (χ2n) is 3.33. The number of hydrogen-bond donors (Lipinski definition) is 1. The summed E-state index contributed by atoms with van der Waals surface area (Å²) in [5.74, 6) is -0.391. The summed E-state index contributed by atoms with van der Waals surface area (Å²) in [5.41, 5.74) is -0.129. The number of alkyl halides is 3. The van der Waals surface area contributed by atoms with Gasteiger partial charge in [0.05, 0.1) is 0 Å². The van der Waals surface area contributed by atoms with Gasteiger partial charge in [-0.2, -0.15) is 13.2 Å². The minimum Gasteiger partial charge on any atom is -0.372 e. The van der Waals surface area contributed by atoms with Crippen LogP contribution in [0.3, 0.4) is 0 Å². The van der Waals surface area contributed by atoms with Crippen molar-refractivity contribution < 1.29 is 18.0 Å². The summed E-state index contributed by atoms with van der Waals surface area (Å²) in [7, 11) is 2.67. The van der Waals surface area contributed by atoms with Gasteiger partial charge in [0.15, 0.2) is 5.69 Å². The maximum Gasteiger partial charge on any atom is 0.406 e. The second kappa shape index (κ2) is 4.98. The van der Waals surface area contributed by atoms with Crippen molar-refractivity contribution in [2.45, 2.75) is 6.18 Å². The highest BCUT2D eigenvalue weighted by Crippen LogP contribution is 2.16. The van der Waals surface area contributed by atoms with Gasteiger partial charge >= 0.3 is 6.18 Å². The van der Waals surface area contributed by atoms with E-state index in [0.717, 1.165) is 7.05 Å². The fraction of sp³-hybridized carbons (Fsp3) is 0.444. The topological polar surface area (TPSA) is 58.1 Å². The first-order valence-electron chi connectivity index (χ1n) is 4.67. The molecule has 1 amide bonds. The van der Waals surface area contributed by atoms with Crippen molar-refractivity contribution in [2.24, 2.45) is 0 Å². The van der Waals surface area contributed by atoms with Gasteiger partial charge in [0.1, 0.15) is 12.4 Å². The van der Waals surface area contributed by atoms with Crippen molar-refractivity contribution in [1.82, 2.24) is 15.1 Å². The highest BCUT2D eigenvalue weighted by atomic mass is 19.4. The Hall–Kier alpha value is -1.86. The highest BCUT2D eigenvalue weighted by Gasteiger charge is 2.31. The quantitative estimate of drug-likeness (QED) is 0.871. The van der Waals surface area contributed by atoms with E-state index in [1.165, 1.54) is 12.1 Å². The van der Waals surface area contributed by atoms with E-state index in [4.69, 9.17) is 0 Å². The van der Waals surface area contributed by atoms with E-state index in [0.29, 0.717) is 10.7 Å². The van der Waals surface area contributed by atoms with Crippen LogP contribution >= 0.6 is 0 Å². The molecule has 0 aliphatic heterocycles. The molecule has 0 saturated carbocycles. The predicted octanol–water partition coefficient (Wildman–Crippen LogP) is 1.15. The Balaban J connectivity index is 2.75. The first kappa shape index (κ1) is 13.2. The SMILES string of the molecule is CNc1ccc(C(=O)N(C)CC(F)(F)F)nn1. The van der Waals surface area contributed by atoms with E-state index in [2.05, 4.69) is 15.5 Å². The molecular formula is C9H11F3N4O. The van der Waals surface area contributed by atoms with E-state index in [1.807, 2.05) is 0 Å². The molecule has 5 nitrogen and oxygen atoms in total. The molecule has 0 radical (unpaired) electrons. The molecule has 0 aliphatic rings. The maximum atomic E-state index is 12.1. The lowest BCUT2D eigenvalue weighted by atomic mass is 10.3. The summed E-state index contributed by atoms with van der Waals surface area (Å²) in [6.07, 6.45) is -4.43. The maximum absolute atomic E-state index is 12.1. The number of amides is 1. The number of hydrogen-bond acceptors (Lipinski definition) is 4. The Kier molecular flexibility index (Phi) is 3.87. The summed E-state index contributed by atoms with van der Waals surface area (Å²) in [6.45, 7) is -1.32. The van der Waals surface area contributed by atoms with Crippen molar-refractivity contribution in [2.75, 3.05) is 26.0 Å². The number of halogens is 3. The van der Waals surface area contributed by atoms with E-state index in [-0.39, 0.29) is 5.69 Å². The van der Waals surface area contributed by atoms with Crippen molar-refractivity contribution >= 4 is 11.7 Å². The standard InChI is InChI=1S/C9H11F3N4O/c1-13-7-4-3-6(14-15-7)8(17)16(2)5-9(10,11)12/h3-4H,5H2,1-2H3,(H,13,15). The van der Waals surface area contributed by atoms with E-state index in [9.17, 15) is 18.0 Å². The minimum atomic E-state index is -4.43. The Morgan fingerprint density at radius 1 is 1.41 bits per heavy atom. The number of carbonyl (C=O) groups excluding carboxylic acids is 1. The van der Waals surface area contributed by atoms with Crippen LogP contribution in [-0.4, -0.2) is 47.8 Å². The second-order valence-corrected chi connectivity index (χ2v) is 3.33. The lowest BCUT2D eigenvalue weighted by molar-refractivity contribution is -0.138. The molecule has 0 fully saturated rings. The summed E-state index contributed by atoms with van der Waals surface area (Å²) in [5, 5.41) is 9.82. The van der Waals surface area contributed by atoms with Gasteiger partial charge in [-0.25, -0.2) is 0 Å². The molecule has 17 heavy (non-hydrogen) atoms. The molecule has 0 aromatic carbocycles. The zero-order valence-corrected chi connectivity index (χ0v) is 9.25. The third-order valence-electron chi connectivity index (χ3n) is 1.90. The fourth-order valence-corrected chi connectivity index (χ4v) is 1.12. The third kappa shape index (κ3) is 3.89. The van der Waals surface area contributed by atoms with Gasteiger partial charge in [-0.05, 0) is 12.1 Å². The molecule has 1 aromatic heterocycles. The third-order valence-corrected chi connectivity index (χ3v) is 1.90. The van der Waals surface area contributed by atoms with Crippen molar-refractivity contribution in [1.29, 1.82) is 0 Å². The smallest absolute Gasteiger partial charge is 0.372 e. The van der Waals surface area contributed by atoms with Crippen LogP contribution in [0.1, 0.15) is 10.5 Å². The zero-order chi connectivity index (χ0) is 13.1. The predicted molar refractivity (Wildman–Crippen MR) is 54.6 cm³/mol. The normalized spacial score (nSPS) is 11.1. The van der Waals surface area contributed by atoms with Crippen LogP contribution in [-0.2, 0) is 0 Å². The molecule has 0 spiro atoms. The Labute approximate surface area is 95.6 Å². The summed E-state index contributed by atoms with van der Waals surface area (Å²) < 4.78 is 36.2. The van der Waals surface area contributed by atoms with Gasteiger partial charge < -0.3 is 10.2 Å². The van der Waals surface area contributed by atoms with Gasteiger partial charge in [0.2, 0.25) is 0 Å². The van der Waals surface area contributed by atoms with E-state index < -0.39 is 18.6 Å². The van der Waals surface area contributed by atoms with Gasteiger partial charge in [-0.3, -0.25) is 4.79 Å². The number of rotatable bonds is 3. The number of nitrogens with one attached hydrogen (secondary N) is 1. The number of aromatic nitrogens is 2. The van der Waals surface area contributed by atoms with Gasteiger partial charge in [0, 0.05) is 14.1 Å². The molecule has 94 valence electrons. The van der Waals surface area contributed by atoms with Crippen molar-refractivity contribution in [3.63, 3.8) is 0 Å². The Bertz CT molecular complexity index is 390. The van der Waals surface area contributed by atoms with Gasteiger partial charge in [-0.1, -0.05) is 0 Å². The van der Waals surface area contributed by atoms with Gasteiger partial charge in [-0.15, -0.1) is 10.2 Å². The average Bonchev–Trinajstić information content (AvgIpc) is 2.26. The zero-order valence-electron chi connectivity index (χ0n) is 9.25. The highest BCUT2D eigenvalue weighted by molar-refractivity contribution is 5.92. The summed E-state index contributed by atoms with van der Waals surface area (Å²) >= 11 is 0. The molecule has 1 aromatic rings. The first-order valence-corrected chi connectivity index (χ1v) is 4.67. The molecule has 0 unspecified atom stereocenters. The van der Waals surface area contributed by atoms with Crippen LogP contribution in [0.25, 0.3) is 0 Å². The van der Waals surface area contributed by atoms with Crippen molar-refractivity contribution in [3.8, 4) is 0 Å².